The van der Waals surface area contributed by atoms with Crippen LogP contribution in [0.4, 0.5) is 5.82 Å². The third-order valence-corrected chi connectivity index (χ3v) is 6.33. The van der Waals surface area contributed by atoms with Crippen LogP contribution in [0.25, 0.3) is 5.69 Å². The summed E-state index contributed by atoms with van der Waals surface area (Å²) >= 11 is 6.15. The molecule has 0 fully saturated rings. The largest absolute Gasteiger partial charge is 0.310 e. The first kappa shape index (κ1) is 18.9. The average molecular weight is 414 g/mol. The Morgan fingerprint density at radius 2 is 2.00 bits per heavy atom. The van der Waals surface area contributed by atoms with Crippen LogP contribution in [-0.4, -0.2) is 19.9 Å². The van der Waals surface area contributed by atoms with Crippen LogP contribution in [0.5, 0.6) is 0 Å². The lowest BCUT2D eigenvalue weighted by atomic mass is 9.95. The number of aromatic nitrogens is 2. The molecule has 0 aliphatic carbocycles. The Morgan fingerprint density at radius 3 is 2.71 bits per heavy atom. The normalized spacial score (nSPS) is 16.6. The number of hydrogen-bond donors (Lipinski definition) is 1. The molecule has 2 heterocycles. The molecule has 0 saturated heterocycles. The highest BCUT2D eigenvalue weighted by Gasteiger charge is 2.30. The molecule has 7 heteroatoms. The Hall–Kier alpha value is -2.44. The third kappa shape index (κ3) is 3.62. The van der Waals surface area contributed by atoms with E-state index in [-0.39, 0.29) is 11.8 Å². The molecule has 28 heavy (non-hydrogen) atoms. The fourth-order valence-corrected chi connectivity index (χ4v) is 4.96. The number of hydrogen-bond acceptors (Lipinski definition) is 3. The summed E-state index contributed by atoms with van der Waals surface area (Å²) in [5.74, 6) is 1.02. The summed E-state index contributed by atoms with van der Waals surface area (Å²) in [6, 6.07) is 17.0. The minimum atomic E-state index is -0.984. The molecular formula is C21H20ClN3O2S. The maximum Gasteiger partial charge on any atom is 0.233 e. The van der Waals surface area contributed by atoms with E-state index < -0.39 is 10.8 Å². The third-order valence-electron chi connectivity index (χ3n) is 4.89. The molecule has 0 radical (unpaired) electrons. The Balaban J connectivity index is 1.72. The van der Waals surface area contributed by atoms with E-state index in [1.165, 1.54) is 0 Å². The zero-order valence-electron chi connectivity index (χ0n) is 15.4. The van der Waals surface area contributed by atoms with Crippen LogP contribution >= 0.6 is 11.6 Å². The van der Waals surface area contributed by atoms with E-state index in [2.05, 4.69) is 10.4 Å². The number of anilines is 1. The van der Waals surface area contributed by atoms with Crippen molar-refractivity contribution in [3.8, 4) is 5.69 Å². The highest BCUT2D eigenvalue weighted by molar-refractivity contribution is 7.83. The highest BCUT2D eigenvalue weighted by Crippen LogP contribution is 2.33. The number of nitrogens with zero attached hydrogens (tertiary/aromatic N) is 2. The predicted octanol–water partition coefficient (Wildman–Crippen LogP) is 4.42. The molecule has 1 aliphatic heterocycles. The van der Waals surface area contributed by atoms with E-state index >= 15 is 0 Å². The van der Waals surface area contributed by atoms with Crippen LogP contribution in [0.3, 0.4) is 0 Å². The van der Waals surface area contributed by atoms with Gasteiger partial charge in [0.05, 0.1) is 28.8 Å². The highest BCUT2D eigenvalue weighted by atomic mass is 35.5. The summed E-state index contributed by atoms with van der Waals surface area (Å²) in [7, 11) is -0.984. The van der Waals surface area contributed by atoms with Gasteiger partial charge in [0, 0.05) is 21.4 Å². The summed E-state index contributed by atoms with van der Waals surface area (Å²) in [5, 5.41) is 8.26. The number of rotatable bonds is 5. The smallest absolute Gasteiger partial charge is 0.233 e. The predicted molar refractivity (Wildman–Crippen MR) is 112 cm³/mol. The van der Waals surface area contributed by atoms with Crippen LogP contribution in [0.1, 0.15) is 36.1 Å². The maximum atomic E-state index is 13.1. The molecule has 144 valence electrons. The standard InChI is InChI=1S/C21H20ClN3O2S/c1-2-17(14-7-4-3-5-8-14)21(26)23-20-18-12-28(27)13-19(18)24-25(20)16-10-6-9-15(22)11-16/h3-11,17H,2,12-13H2,1H3,(H,23,26)/t17-,28-/m0/s1. The van der Waals surface area contributed by atoms with Crippen molar-refractivity contribution in [2.75, 3.05) is 5.32 Å². The lowest BCUT2D eigenvalue weighted by Crippen LogP contribution is -2.23. The number of carbonyl (C=O) groups excluding carboxylic acids is 1. The monoisotopic (exact) mass is 413 g/mol. The molecule has 1 aliphatic rings. The molecule has 0 spiro atoms. The van der Waals surface area contributed by atoms with Crippen LogP contribution in [0.2, 0.25) is 5.02 Å². The van der Waals surface area contributed by atoms with Crippen molar-refractivity contribution in [3.63, 3.8) is 0 Å². The minimum absolute atomic E-state index is 0.0997. The number of carbonyl (C=O) groups is 1. The molecule has 2 aromatic carbocycles. The quantitative estimate of drug-likeness (QED) is 0.673. The molecule has 5 nitrogen and oxygen atoms in total. The van der Waals surface area contributed by atoms with Crippen molar-refractivity contribution in [2.24, 2.45) is 0 Å². The molecule has 1 aromatic heterocycles. The Kier molecular flexibility index (Phi) is 5.33. The second kappa shape index (κ2) is 7.89. The first-order valence-electron chi connectivity index (χ1n) is 9.14. The van der Waals surface area contributed by atoms with Crippen molar-refractivity contribution in [1.82, 2.24) is 9.78 Å². The van der Waals surface area contributed by atoms with Gasteiger partial charge in [-0.2, -0.15) is 5.10 Å². The van der Waals surface area contributed by atoms with Crippen molar-refractivity contribution >= 4 is 34.1 Å². The van der Waals surface area contributed by atoms with Gasteiger partial charge in [0.2, 0.25) is 5.91 Å². The van der Waals surface area contributed by atoms with Gasteiger partial charge in [0.25, 0.3) is 0 Å². The molecule has 4 rings (SSSR count). The maximum absolute atomic E-state index is 13.1. The summed E-state index contributed by atoms with van der Waals surface area (Å²) in [6.45, 7) is 1.99. The summed E-state index contributed by atoms with van der Waals surface area (Å²) in [5.41, 5.74) is 3.34. The lowest BCUT2D eigenvalue weighted by Gasteiger charge is -2.17. The van der Waals surface area contributed by atoms with Gasteiger partial charge in [0.15, 0.2) is 0 Å². The Bertz CT molecular complexity index is 1050. The first-order chi connectivity index (χ1) is 13.6. The van der Waals surface area contributed by atoms with Gasteiger partial charge in [0.1, 0.15) is 5.82 Å². The zero-order chi connectivity index (χ0) is 19.7. The van der Waals surface area contributed by atoms with Crippen molar-refractivity contribution in [2.45, 2.75) is 30.8 Å². The average Bonchev–Trinajstić information content (AvgIpc) is 3.20. The molecule has 2 atom stereocenters. The molecule has 1 amide bonds. The molecule has 0 saturated carbocycles. The Morgan fingerprint density at radius 1 is 1.21 bits per heavy atom. The minimum Gasteiger partial charge on any atom is -0.310 e. The molecule has 0 bridgehead atoms. The van der Waals surface area contributed by atoms with Gasteiger partial charge in [-0.15, -0.1) is 0 Å². The molecule has 3 aromatic rings. The number of nitrogens with one attached hydrogen (secondary N) is 1. The van der Waals surface area contributed by atoms with E-state index in [4.69, 9.17) is 11.6 Å². The molecule has 0 unspecified atom stereocenters. The van der Waals surface area contributed by atoms with Crippen LogP contribution < -0.4 is 5.32 Å². The number of benzene rings is 2. The van der Waals surface area contributed by atoms with E-state index in [1.54, 1.807) is 16.8 Å². The van der Waals surface area contributed by atoms with E-state index in [9.17, 15) is 9.00 Å². The Labute approximate surface area is 171 Å². The zero-order valence-corrected chi connectivity index (χ0v) is 17.0. The molecule has 1 N–H and O–H groups in total. The number of halogens is 1. The summed E-state index contributed by atoms with van der Waals surface area (Å²) in [4.78, 5) is 13.1. The second-order valence-corrected chi connectivity index (χ2v) is 8.65. The van der Waals surface area contributed by atoms with E-state index in [0.29, 0.717) is 28.8 Å². The van der Waals surface area contributed by atoms with Gasteiger partial charge in [-0.05, 0) is 30.2 Å². The van der Waals surface area contributed by atoms with Gasteiger partial charge in [-0.25, -0.2) is 4.68 Å². The van der Waals surface area contributed by atoms with Crippen molar-refractivity contribution in [3.05, 3.63) is 76.4 Å². The van der Waals surface area contributed by atoms with E-state index in [0.717, 1.165) is 22.5 Å². The van der Waals surface area contributed by atoms with Gasteiger partial charge in [-0.1, -0.05) is 54.9 Å². The van der Waals surface area contributed by atoms with E-state index in [1.807, 2.05) is 49.4 Å². The number of fused-ring (bicyclic) bond motifs is 1. The number of amides is 1. The summed E-state index contributed by atoms with van der Waals surface area (Å²) in [6.07, 6.45) is 0.676. The van der Waals surface area contributed by atoms with Crippen LogP contribution in [0.15, 0.2) is 54.6 Å². The van der Waals surface area contributed by atoms with Gasteiger partial charge >= 0.3 is 0 Å². The van der Waals surface area contributed by atoms with Crippen LogP contribution in [0, 0.1) is 0 Å². The SMILES string of the molecule is CC[C@H](C(=O)Nc1c2c(nn1-c1cccc(Cl)c1)C[S@@](=O)C2)c1ccccc1. The van der Waals surface area contributed by atoms with Gasteiger partial charge < -0.3 is 5.32 Å². The van der Waals surface area contributed by atoms with Crippen molar-refractivity contribution in [1.29, 1.82) is 0 Å². The first-order valence-corrected chi connectivity index (χ1v) is 11.0. The fraction of sp³-hybridized carbons (Fsp3) is 0.238. The second-order valence-electron chi connectivity index (χ2n) is 6.75. The topological polar surface area (TPSA) is 64.0 Å². The molecular weight excluding hydrogens is 394 g/mol. The van der Waals surface area contributed by atoms with Gasteiger partial charge in [-0.3, -0.25) is 9.00 Å². The van der Waals surface area contributed by atoms with Crippen LogP contribution in [-0.2, 0) is 27.1 Å². The lowest BCUT2D eigenvalue weighted by molar-refractivity contribution is -0.117. The van der Waals surface area contributed by atoms with Crippen molar-refractivity contribution < 1.29 is 9.00 Å². The fourth-order valence-electron chi connectivity index (χ4n) is 3.51. The summed E-state index contributed by atoms with van der Waals surface area (Å²) < 4.78 is 13.7.